The molecule has 0 spiro atoms. The molecule has 134 valence electrons. The molecule has 9 heteroatoms. The molecule has 1 aliphatic heterocycles. The molecule has 2 atom stereocenters. The molecule has 1 aromatic rings. The van der Waals surface area contributed by atoms with Gasteiger partial charge >= 0.3 is 5.97 Å². The molecular formula is C15H22N2O5S2. The van der Waals surface area contributed by atoms with Crippen molar-refractivity contribution in [3.63, 3.8) is 0 Å². The van der Waals surface area contributed by atoms with Crippen LogP contribution in [0.5, 0.6) is 0 Å². The van der Waals surface area contributed by atoms with Gasteiger partial charge in [0, 0.05) is 24.0 Å². The van der Waals surface area contributed by atoms with Crippen LogP contribution in [0.4, 0.5) is 0 Å². The van der Waals surface area contributed by atoms with Crippen molar-refractivity contribution < 1.29 is 23.1 Å². The maximum Gasteiger partial charge on any atom is 0.308 e. The third-order valence-electron chi connectivity index (χ3n) is 4.16. The van der Waals surface area contributed by atoms with E-state index in [-0.39, 0.29) is 16.5 Å². The van der Waals surface area contributed by atoms with E-state index >= 15 is 0 Å². The molecule has 2 unspecified atom stereocenters. The fourth-order valence-electron chi connectivity index (χ4n) is 2.45. The van der Waals surface area contributed by atoms with Crippen LogP contribution in [0, 0.1) is 5.92 Å². The van der Waals surface area contributed by atoms with Gasteiger partial charge in [0.15, 0.2) is 0 Å². The van der Waals surface area contributed by atoms with Crippen molar-refractivity contribution in [2.45, 2.75) is 43.4 Å². The van der Waals surface area contributed by atoms with Gasteiger partial charge in [-0.25, -0.2) is 8.42 Å². The Balaban J connectivity index is 1.98. The average Bonchev–Trinajstić information content (AvgIpc) is 3.17. The second kappa shape index (κ2) is 7.62. The number of nitrogens with zero attached hydrogens (tertiary/aromatic N) is 1. The number of carbonyl (C=O) groups excluding carboxylic acids is 1. The maximum absolute atomic E-state index is 12.4. The predicted molar refractivity (Wildman–Crippen MR) is 90.4 cm³/mol. The van der Waals surface area contributed by atoms with Crippen LogP contribution in [0.3, 0.4) is 0 Å². The normalized spacial score (nSPS) is 18.2. The summed E-state index contributed by atoms with van der Waals surface area (Å²) < 4.78 is 26.6. The highest BCUT2D eigenvalue weighted by Gasteiger charge is 2.29. The summed E-state index contributed by atoms with van der Waals surface area (Å²) in [5.41, 5.74) is 0. The number of hydrogen-bond acceptors (Lipinski definition) is 5. The third kappa shape index (κ3) is 4.34. The Bertz CT molecular complexity index is 707. The summed E-state index contributed by atoms with van der Waals surface area (Å²) in [4.78, 5) is 23.5. The van der Waals surface area contributed by atoms with Gasteiger partial charge in [-0.3, -0.25) is 9.59 Å². The minimum atomic E-state index is -3.46. The van der Waals surface area contributed by atoms with Gasteiger partial charge in [-0.2, -0.15) is 4.31 Å². The molecule has 0 aliphatic carbocycles. The van der Waals surface area contributed by atoms with Gasteiger partial charge in [0.25, 0.3) is 10.0 Å². The summed E-state index contributed by atoms with van der Waals surface area (Å²) in [5, 5.41) is 11.6. The van der Waals surface area contributed by atoms with Gasteiger partial charge in [0.05, 0.1) is 12.3 Å². The SMILES string of the molecule is CC(NC(=O)Cc1ccc(S(=O)(=O)N2CCCC2)s1)C(C)C(=O)O. The fourth-order valence-corrected chi connectivity index (χ4v) is 5.48. The van der Waals surface area contributed by atoms with Crippen LogP contribution in [0.15, 0.2) is 16.3 Å². The zero-order chi connectivity index (χ0) is 17.9. The largest absolute Gasteiger partial charge is 0.481 e. The molecule has 1 amide bonds. The number of nitrogens with one attached hydrogen (secondary N) is 1. The summed E-state index contributed by atoms with van der Waals surface area (Å²) in [7, 11) is -3.46. The number of aliphatic carboxylic acids is 1. The van der Waals surface area contributed by atoms with Crippen LogP contribution < -0.4 is 5.32 Å². The smallest absolute Gasteiger partial charge is 0.308 e. The molecule has 0 aromatic carbocycles. The third-order valence-corrected chi connectivity index (χ3v) is 7.61. The van der Waals surface area contributed by atoms with E-state index < -0.39 is 28.0 Å². The van der Waals surface area contributed by atoms with E-state index in [0.29, 0.717) is 18.0 Å². The molecule has 1 aromatic heterocycles. The van der Waals surface area contributed by atoms with E-state index in [1.165, 1.54) is 17.3 Å². The molecule has 2 heterocycles. The van der Waals surface area contributed by atoms with E-state index in [1.807, 2.05) is 0 Å². The van der Waals surface area contributed by atoms with Crippen molar-refractivity contribution in [1.29, 1.82) is 0 Å². The standard InChI is InChI=1S/C15H22N2O5S2/c1-10(15(19)20)11(2)16-13(18)9-12-5-6-14(23-12)24(21,22)17-7-3-4-8-17/h5-6,10-11H,3-4,7-9H2,1-2H3,(H,16,18)(H,19,20). The Morgan fingerprint density at radius 3 is 2.50 bits per heavy atom. The van der Waals surface area contributed by atoms with Gasteiger partial charge in [-0.05, 0) is 38.8 Å². The van der Waals surface area contributed by atoms with Crippen LogP contribution in [0.25, 0.3) is 0 Å². The molecule has 1 saturated heterocycles. The molecule has 24 heavy (non-hydrogen) atoms. The van der Waals surface area contributed by atoms with E-state index in [0.717, 1.165) is 24.2 Å². The number of hydrogen-bond donors (Lipinski definition) is 2. The van der Waals surface area contributed by atoms with Crippen LogP contribution in [-0.2, 0) is 26.0 Å². The van der Waals surface area contributed by atoms with E-state index in [4.69, 9.17) is 5.11 Å². The Hall–Kier alpha value is -1.45. The zero-order valence-electron chi connectivity index (χ0n) is 13.7. The van der Waals surface area contributed by atoms with Gasteiger partial charge in [0.2, 0.25) is 5.91 Å². The van der Waals surface area contributed by atoms with Crippen LogP contribution in [0.1, 0.15) is 31.6 Å². The van der Waals surface area contributed by atoms with E-state index in [9.17, 15) is 18.0 Å². The van der Waals surface area contributed by atoms with Crippen LogP contribution in [-0.4, -0.2) is 48.8 Å². The first kappa shape index (κ1) is 18.9. The average molecular weight is 374 g/mol. The molecule has 7 nitrogen and oxygen atoms in total. The number of carboxylic acid groups (broad SMARTS) is 1. The number of carbonyl (C=O) groups is 2. The predicted octanol–water partition coefficient (Wildman–Crippen LogP) is 1.30. The Labute approximate surface area is 145 Å². The molecule has 1 aliphatic rings. The summed E-state index contributed by atoms with van der Waals surface area (Å²) in [6.45, 7) is 4.24. The van der Waals surface area contributed by atoms with Crippen molar-refractivity contribution in [1.82, 2.24) is 9.62 Å². The zero-order valence-corrected chi connectivity index (χ0v) is 15.3. The number of rotatable bonds is 7. The van der Waals surface area contributed by atoms with Gasteiger partial charge in [0.1, 0.15) is 4.21 Å². The highest BCUT2D eigenvalue weighted by Crippen LogP contribution is 2.27. The highest BCUT2D eigenvalue weighted by atomic mass is 32.2. The quantitative estimate of drug-likeness (QED) is 0.749. The topological polar surface area (TPSA) is 104 Å². The van der Waals surface area contributed by atoms with E-state index in [1.54, 1.807) is 13.0 Å². The molecule has 0 bridgehead atoms. The monoisotopic (exact) mass is 374 g/mol. The van der Waals surface area contributed by atoms with Crippen LogP contribution in [0.2, 0.25) is 0 Å². The number of carboxylic acids is 1. The second-order valence-electron chi connectivity index (χ2n) is 5.99. The lowest BCUT2D eigenvalue weighted by Gasteiger charge is -2.17. The lowest BCUT2D eigenvalue weighted by atomic mass is 10.0. The summed E-state index contributed by atoms with van der Waals surface area (Å²) in [6.07, 6.45) is 1.79. The minimum Gasteiger partial charge on any atom is -0.481 e. The molecule has 1 fully saturated rings. The Kier molecular flexibility index (Phi) is 6.00. The minimum absolute atomic E-state index is 0.0386. The van der Waals surface area contributed by atoms with E-state index in [2.05, 4.69) is 5.32 Å². The Morgan fingerprint density at radius 1 is 1.29 bits per heavy atom. The van der Waals surface area contributed by atoms with Gasteiger partial charge in [-0.15, -0.1) is 11.3 Å². The van der Waals surface area contributed by atoms with Gasteiger partial charge in [-0.1, -0.05) is 0 Å². The highest BCUT2D eigenvalue weighted by molar-refractivity contribution is 7.91. The van der Waals surface area contributed by atoms with Crippen molar-refractivity contribution >= 4 is 33.2 Å². The summed E-state index contributed by atoms with van der Waals surface area (Å²) in [6, 6.07) is 2.67. The fraction of sp³-hybridized carbons (Fsp3) is 0.600. The maximum atomic E-state index is 12.4. The molecule has 0 radical (unpaired) electrons. The van der Waals surface area contributed by atoms with Crippen molar-refractivity contribution in [2.75, 3.05) is 13.1 Å². The van der Waals surface area contributed by atoms with Crippen molar-refractivity contribution in [3.05, 3.63) is 17.0 Å². The van der Waals surface area contributed by atoms with Gasteiger partial charge < -0.3 is 10.4 Å². The lowest BCUT2D eigenvalue weighted by molar-refractivity contribution is -0.142. The lowest BCUT2D eigenvalue weighted by Crippen LogP contribution is -2.40. The van der Waals surface area contributed by atoms with Crippen LogP contribution >= 0.6 is 11.3 Å². The second-order valence-corrected chi connectivity index (χ2v) is 9.32. The number of amides is 1. The molecule has 2 rings (SSSR count). The summed E-state index contributed by atoms with van der Waals surface area (Å²) >= 11 is 1.09. The molecule has 2 N–H and O–H groups in total. The number of sulfonamides is 1. The molecular weight excluding hydrogens is 352 g/mol. The first-order valence-electron chi connectivity index (χ1n) is 7.83. The Morgan fingerprint density at radius 2 is 1.92 bits per heavy atom. The summed E-state index contributed by atoms with van der Waals surface area (Å²) in [5.74, 6) is -1.98. The first-order chi connectivity index (χ1) is 11.2. The molecule has 0 saturated carbocycles. The first-order valence-corrected chi connectivity index (χ1v) is 10.1. The van der Waals surface area contributed by atoms with Crippen molar-refractivity contribution in [2.24, 2.45) is 5.92 Å². The number of thiophene rings is 1. The van der Waals surface area contributed by atoms with Crippen molar-refractivity contribution in [3.8, 4) is 0 Å².